The third kappa shape index (κ3) is 8.53. The smallest absolute Gasteiger partial charge is 0.410 e. The minimum absolute atomic E-state index is 0.0400. The first-order valence-electron chi connectivity index (χ1n) is 6.20. The molecule has 0 aromatic rings. The van der Waals surface area contributed by atoms with E-state index in [2.05, 4.69) is 24.5 Å². The van der Waals surface area contributed by atoms with E-state index in [1.54, 1.807) is 20.8 Å². The van der Waals surface area contributed by atoms with Crippen LogP contribution in [0.4, 0.5) is 4.79 Å². The van der Waals surface area contributed by atoms with Crippen molar-refractivity contribution in [1.82, 2.24) is 10.2 Å². The second kappa shape index (κ2) is 7.43. The van der Waals surface area contributed by atoms with E-state index in [1.807, 2.05) is 13.8 Å². The Hall–Kier alpha value is -1.17. The van der Waals surface area contributed by atoms with Gasteiger partial charge in [-0.05, 0) is 34.6 Å². The molecule has 5 nitrogen and oxygen atoms in total. The van der Waals surface area contributed by atoms with Crippen molar-refractivity contribution in [3.05, 3.63) is 11.6 Å². The molecule has 0 fully saturated rings. The van der Waals surface area contributed by atoms with Gasteiger partial charge >= 0.3 is 6.09 Å². The van der Waals surface area contributed by atoms with Crippen molar-refractivity contribution in [2.24, 2.45) is 0 Å². The maximum atomic E-state index is 12.0. The highest BCUT2D eigenvalue weighted by Gasteiger charge is 2.24. The van der Waals surface area contributed by atoms with Crippen molar-refractivity contribution in [2.75, 3.05) is 6.54 Å². The van der Waals surface area contributed by atoms with Crippen LogP contribution < -0.4 is 5.32 Å². The molecule has 0 saturated heterocycles. The van der Waals surface area contributed by atoms with Gasteiger partial charge < -0.3 is 15.0 Å². The van der Waals surface area contributed by atoms with Crippen molar-refractivity contribution in [2.45, 2.75) is 52.7 Å². The minimum atomic E-state index is -0.550. The lowest BCUT2D eigenvalue weighted by molar-refractivity contribution is -0.120. The zero-order valence-electron chi connectivity index (χ0n) is 12.3. The van der Waals surface area contributed by atoms with Gasteiger partial charge in [0.15, 0.2) is 0 Å². The topological polar surface area (TPSA) is 58.6 Å². The lowest BCUT2D eigenvalue weighted by Gasteiger charge is -2.29. The molecule has 0 heterocycles. The van der Waals surface area contributed by atoms with Crippen LogP contribution >= 0.6 is 12.6 Å². The summed E-state index contributed by atoms with van der Waals surface area (Å²) < 4.78 is 5.30. The summed E-state index contributed by atoms with van der Waals surface area (Å²) in [6.07, 6.45) is -0.239. The lowest BCUT2D eigenvalue weighted by atomic mass is 10.2. The Balaban J connectivity index is 4.46. The van der Waals surface area contributed by atoms with Crippen LogP contribution in [0, 0.1) is 0 Å². The van der Waals surface area contributed by atoms with Crippen molar-refractivity contribution in [3.8, 4) is 0 Å². The highest BCUT2D eigenvalue weighted by Crippen LogP contribution is 2.12. The number of hydrogen-bond acceptors (Lipinski definition) is 4. The van der Waals surface area contributed by atoms with Gasteiger partial charge in [0.1, 0.15) is 5.60 Å². The fraction of sp³-hybridized carbons (Fsp3) is 0.692. The van der Waals surface area contributed by atoms with E-state index in [1.165, 1.54) is 4.90 Å². The number of nitrogens with zero attached hydrogens (tertiary/aromatic N) is 1. The second-order valence-electron chi connectivity index (χ2n) is 5.51. The minimum Gasteiger partial charge on any atom is -0.444 e. The second-order valence-corrected chi connectivity index (χ2v) is 6.05. The van der Waals surface area contributed by atoms with Crippen molar-refractivity contribution in [3.63, 3.8) is 0 Å². The molecule has 0 aliphatic rings. The zero-order chi connectivity index (χ0) is 15.2. The van der Waals surface area contributed by atoms with Crippen LogP contribution in [0.1, 0.15) is 41.0 Å². The normalized spacial score (nSPS) is 11.1. The largest absolute Gasteiger partial charge is 0.444 e. The standard InChI is InChI=1S/C13H24N2O3S/c1-9(2)15(12(17)18-13(4,5)6)8-7-11(16)14-10(3)19/h9,19H,3,7-8H2,1-2,4-6H3,(H,14,16). The third-order valence-corrected chi connectivity index (χ3v) is 2.23. The van der Waals surface area contributed by atoms with Gasteiger partial charge in [-0.1, -0.05) is 6.58 Å². The first kappa shape index (κ1) is 17.8. The maximum absolute atomic E-state index is 12.0. The van der Waals surface area contributed by atoms with E-state index in [0.717, 1.165) is 0 Å². The number of thiol groups is 1. The van der Waals surface area contributed by atoms with Gasteiger partial charge in [-0.25, -0.2) is 4.79 Å². The van der Waals surface area contributed by atoms with E-state index in [4.69, 9.17) is 4.74 Å². The molecule has 19 heavy (non-hydrogen) atoms. The van der Waals surface area contributed by atoms with E-state index in [9.17, 15) is 9.59 Å². The molecule has 0 radical (unpaired) electrons. The summed E-state index contributed by atoms with van der Waals surface area (Å²) in [4.78, 5) is 25.0. The molecule has 0 aliphatic carbocycles. The molecule has 0 aliphatic heterocycles. The molecular weight excluding hydrogens is 264 g/mol. The summed E-state index contributed by atoms with van der Waals surface area (Å²) >= 11 is 3.89. The van der Waals surface area contributed by atoms with Crippen LogP contribution in [0.3, 0.4) is 0 Å². The van der Waals surface area contributed by atoms with Crippen LogP contribution in [0.25, 0.3) is 0 Å². The third-order valence-electron chi connectivity index (χ3n) is 2.11. The number of amides is 2. The van der Waals surface area contributed by atoms with Crippen LogP contribution in [0.2, 0.25) is 0 Å². The summed E-state index contributed by atoms with van der Waals surface area (Å²) in [5.41, 5.74) is -0.550. The van der Waals surface area contributed by atoms with E-state index in [-0.39, 0.29) is 18.4 Å². The number of nitrogens with one attached hydrogen (secondary N) is 1. The molecule has 0 aromatic heterocycles. The lowest BCUT2D eigenvalue weighted by Crippen LogP contribution is -2.42. The van der Waals surface area contributed by atoms with Crippen molar-refractivity contribution < 1.29 is 14.3 Å². The Bertz CT molecular complexity index is 348. The quantitative estimate of drug-likeness (QED) is 0.764. The predicted octanol–water partition coefficient (Wildman–Crippen LogP) is 2.54. The first-order valence-corrected chi connectivity index (χ1v) is 6.65. The summed E-state index contributed by atoms with van der Waals surface area (Å²) in [5.74, 6) is -0.228. The van der Waals surface area contributed by atoms with Gasteiger partial charge in [-0.3, -0.25) is 4.79 Å². The fourth-order valence-electron chi connectivity index (χ4n) is 1.33. The van der Waals surface area contributed by atoms with Gasteiger partial charge in [0.2, 0.25) is 5.91 Å². The SMILES string of the molecule is C=C(S)NC(=O)CCN(C(=O)OC(C)(C)C)C(C)C. The summed E-state index contributed by atoms with van der Waals surface area (Å²) in [5, 5.41) is 2.77. The highest BCUT2D eigenvalue weighted by atomic mass is 32.1. The maximum Gasteiger partial charge on any atom is 0.410 e. The molecule has 1 N–H and O–H groups in total. The monoisotopic (exact) mass is 288 g/mol. The van der Waals surface area contributed by atoms with E-state index < -0.39 is 11.7 Å². The molecular formula is C13H24N2O3S. The van der Waals surface area contributed by atoms with Crippen molar-refractivity contribution >= 4 is 24.6 Å². The van der Waals surface area contributed by atoms with Gasteiger partial charge in [-0.15, -0.1) is 12.6 Å². The first-order chi connectivity index (χ1) is 8.53. The number of carbonyl (C=O) groups excluding carboxylic acids is 2. The molecule has 6 heteroatoms. The number of hydrogen-bond donors (Lipinski definition) is 2. The Morgan fingerprint density at radius 2 is 1.89 bits per heavy atom. The molecule has 0 unspecified atom stereocenters. The Kier molecular flexibility index (Phi) is 6.97. The predicted molar refractivity (Wildman–Crippen MR) is 79.0 cm³/mol. The highest BCUT2D eigenvalue weighted by molar-refractivity contribution is 7.84. The van der Waals surface area contributed by atoms with Crippen molar-refractivity contribution in [1.29, 1.82) is 0 Å². The van der Waals surface area contributed by atoms with Gasteiger partial charge in [0.05, 0.1) is 5.03 Å². The molecule has 0 atom stereocenters. The van der Waals surface area contributed by atoms with Gasteiger partial charge in [-0.2, -0.15) is 0 Å². The molecule has 0 saturated carbocycles. The fourth-order valence-corrected chi connectivity index (χ4v) is 1.45. The Morgan fingerprint density at radius 3 is 2.26 bits per heavy atom. The zero-order valence-corrected chi connectivity index (χ0v) is 13.2. The number of rotatable bonds is 5. The Labute approximate surface area is 120 Å². The molecule has 0 bridgehead atoms. The molecule has 110 valence electrons. The van der Waals surface area contributed by atoms with Gasteiger partial charge in [0.25, 0.3) is 0 Å². The number of ether oxygens (including phenoxy) is 1. The summed E-state index contributed by atoms with van der Waals surface area (Å²) in [7, 11) is 0. The average Bonchev–Trinajstić information content (AvgIpc) is 2.12. The van der Waals surface area contributed by atoms with E-state index >= 15 is 0 Å². The van der Waals surface area contributed by atoms with Gasteiger partial charge in [0, 0.05) is 19.0 Å². The molecule has 2 amide bonds. The number of carbonyl (C=O) groups is 2. The van der Waals surface area contributed by atoms with Crippen LogP contribution in [-0.4, -0.2) is 35.1 Å². The van der Waals surface area contributed by atoms with Crippen LogP contribution in [-0.2, 0) is 9.53 Å². The summed E-state index contributed by atoms with van der Waals surface area (Å²) in [6.45, 7) is 12.9. The van der Waals surface area contributed by atoms with Crippen LogP contribution in [0.15, 0.2) is 11.6 Å². The van der Waals surface area contributed by atoms with E-state index in [0.29, 0.717) is 11.6 Å². The molecule has 0 rings (SSSR count). The Morgan fingerprint density at radius 1 is 1.37 bits per heavy atom. The van der Waals surface area contributed by atoms with Crippen LogP contribution in [0.5, 0.6) is 0 Å². The summed E-state index contributed by atoms with van der Waals surface area (Å²) in [6, 6.07) is -0.0400. The molecule has 0 spiro atoms. The average molecular weight is 288 g/mol. The molecule has 0 aromatic carbocycles.